The second-order valence-electron chi connectivity index (χ2n) is 8.76. The number of piperidine rings is 1. The van der Waals surface area contributed by atoms with Gasteiger partial charge in [0.15, 0.2) is 0 Å². The molecule has 7 heteroatoms. The minimum atomic E-state index is -3.52. The van der Waals surface area contributed by atoms with Crippen LogP contribution in [-0.4, -0.2) is 52.9 Å². The predicted octanol–water partition coefficient (Wildman–Crippen LogP) is 3.50. The minimum absolute atomic E-state index is 0.213. The molecular formula is C21H33BN2O4. The van der Waals surface area contributed by atoms with Crippen LogP contribution in [0.1, 0.15) is 85.0 Å². The largest absolute Gasteiger partial charge is 0.496 e. The van der Waals surface area contributed by atoms with Gasteiger partial charge in [-0.15, -0.1) is 0 Å². The maximum atomic E-state index is 12.9. The van der Waals surface area contributed by atoms with E-state index in [0.717, 1.165) is 6.20 Å². The number of ether oxygens (including phenoxy) is 1. The first-order chi connectivity index (χ1) is 16.3. The molecule has 0 unspecified atom stereocenters. The summed E-state index contributed by atoms with van der Waals surface area (Å²) in [6.07, 6.45) is -6.28. The van der Waals surface area contributed by atoms with Crippen LogP contribution in [0, 0.1) is 0 Å². The van der Waals surface area contributed by atoms with Crippen molar-refractivity contribution >= 4 is 18.7 Å². The lowest BCUT2D eigenvalue weighted by molar-refractivity contribution is 0.00578. The molecule has 0 atom stereocenters. The Hall–Kier alpha value is -1.60. The van der Waals surface area contributed by atoms with Gasteiger partial charge < -0.3 is 18.9 Å². The van der Waals surface area contributed by atoms with Gasteiger partial charge in [-0.3, -0.25) is 4.98 Å². The number of hydrogen-bond donors (Lipinski definition) is 0. The lowest BCUT2D eigenvalue weighted by Gasteiger charge is -2.33. The summed E-state index contributed by atoms with van der Waals surface area (Å²) in [4.78, 5) is 16.7. The smallest absolute Gasteiger partial charge is 0.444 e. The molecule has 1 amide bonds. The highest BCUT2D eigenvalue weighted by atomic mass is 16.7. The molecule has 0 spiro atoms. The summed E-state index contributed by atoms with van der Waals surface area (Å²) in [6.45, 7) is 4.54. The fraction of sp³-hybridized carbons (Fsp3) is 0.714. The lowest BCUT2D eigenvalue weighted by Crippen LogP contribution is -2.41. The van der Waals surface area contributed by atoms with Crippen LogP contribution in [0.2, 0.25) is 0 Å². The van der Waals surface area contributed by atoms with E-state index in [4.69, 9.17) is 26.4 Å². The Morgan fingerprint density at radius 3 is 2.36 bits per heavy atom. The minimum Gasteiger partial charge on any atom is -0.444 e. The third-order valence-electron chi connectivity index (χ3n) is 4.73. The molecule has 28 heavy (non-hydrogen) atoms. The quantitative estimate of drug-likeness (QED) is 0.715. The van der Waals surface area contributed by atoms with Gasteiger partial charge in [0.1, 0.15) is 5.60 Å². The number of likely N-dealkylation sites (tertiary alicyclic amines) is 1. The zero-order chi connectivity index (χ0) is 28.8. The van der Waals surface area contributed by atoms with Crippen LogP contribution >= 0.6 is 0 Å². The van der Waals surface area contributed by atoms with Gasteiger partial charge in [0.2, 0.25) is 0 Å². The Bertz CT molecular complexity index is 1050. The number of aromatic nitrogens is 1. The molecule has 1 aromatic rings. The van der Waals surface area contributed by atoms with Gasteiger partial charge in [0.05, 0.1) is 11.2 Å². The highest BCUT2D eigenvalue weighted by Gasteiger charge is 2.51. The van der Waals surface area contributed by atoms with Crippen molar-refractivity contribution in [3.63, 3.8) is 0 Å². The molecule has 6 nitrogen and oxygen atoms in total. The third-order valence-corrected chi connectivity index (χ3v) is 4.73. The molecule has 0 aromatic carbocycles. The second-order valence-corrected chi connectivity index (χ2v) is 8.76. The summed E-state index contributed by atoms with van der Waals surface area (Å²) in [5, 5.41) is 0. The SMILES string of the molecule is [2H]C1([2H])N(C(=O)OC(C)(C)C)C([2H])([2H])C([2H])([2H])C([2H])(c2cncc(B3OC(C)(C)C(C)(C)O3)c2)C1([2H])[2H]. The summed E-state index contributed by atoms with van der Waals surface area (Å²) in [5.41, 5.74) is -2.94. The van der Waals surface area contributed by atoms with Crippen LogP contribution in [0.15, 0.2) is 18.5 Å². The van der Waals surface area contributed by atoms with Gasteiger partial charge >= 0.3 is 13.2 Å². The zero-order valence-electron chi connectivity index (χ0n) is 26.3. The molecule has 0 N–H and O–H groups in total. The molecule has 0 aliphatic carbocycles. The van der Waals surface area contributed by atoms with Crippen molar-refractivity contribution in [1.82, 2.24) is 9.88 Å². The number of hydrogen-bond acceptors (Lipinski definition) is 5. The molecule has 0 bridgehead atoms. The van der Waals surface area contributed by atoms with E-state index < -0.39 is 67.2 Å². The molecule has 154 valence electrons. The first-order valence-corrected chi connectivity index (χ1v) is 9.12. The van der Waals surface area contributed by atoms with Crippen molar-refractivity contribution in [2.24, 2.45) is 0 Å². The van der Waals surface area contributed by atoms with Crippen molar-refractivity contribution in [2.75, 3.05) is 13.0 Å². The van der Waals surface area contributed by atoms with E-state index >= 15 is 0 Å². The highest BCUT2D eigenvalue weighted by molar-refractivity contribution is 6.62. The Balaban J connectivity index is 2.19. The van der Waals surface area contributed by atoms with E-state index in [0.29, 0.717) is 0 Å². The number of pyridine rings is 1. The fourth-order valence-corrected chi connectivity index (χ4v) is 2.53. The van der Waals surface area contributed by atoms with E-state index in [9.17, 15) is 4.79 Å². The number of carbonyl (C=O) groups excluding carboxylic acids is 1. The summed E-state index contributed by atoms with van der Waals surface area (Å²) >= 11 is 0. The van der Waals surface area contributed by atoms with E-state index in [1.54, 1.807) is 0 Å². The summed E-state index contributed by atoms with van der Waals surface area (Å²) in [6, 6.07) is 1.20. The Morgan fingerprint density at radius 2 is 1.82 bits per heavy atom. The van der Waals surface area contributed by atoms with Crippen molar-refractivity contribution in [2.45, 2.75) is 83.9 Å². The summed E-state index contributed by atoms with van der Waals surface area (Å²) < 4.78 is 94.9. The topological polar surface area (TPSA) is 60.9 Å². The van der Waals surface area contributed by atoms with Gasteiger partial charge in [-0.2, -0.15) is 0 Å². The van der Waals surface area contributed by atoms with Crippen molar-refractivity contribution in [1.29, 1.82) is 0 Å². The van der Waals surface area contributed by atoms with E-state index in [2.05, 4.69) is 4.98 Å². The van der Waals surface area contributed by atoms with Gasteiger partial charge in [0, 0.05) is 43.2 Å². The van der Waals surface area contributed by atoms with Crippen molar-refractivity contribution in [3.05, 3.63) is 24.0 Å². The maximum absolute atomic E-state index is 12.9. The van der Waals surface area contributed by atoms with Crippen LogP contribution in [0.4, 0.5) is 4.79 Å². The molecule has 0 radical (unpaired) electrons. The van der Waals surface area contributed by atoms with Gasteiger partial charge in [0.25, 0.3) is 0 Å². The van der Waals surface area contributed by atoms with Gasteiger partial charge in [-0.1, -0.05) is 6.07 Å². The Labute approximate surface area is 181 Å². The van der Waals surface area contributed by atoms with Crippen LogP contribution < -0.4 is 5.46 Å². The van der Waals surface area contributed by atoms with Gasteiger partial charge in [-0.25, -0.2) is 4.79 Å². The average molecular weight is 397 g/mol. The van der Waals surface area contributed by atoms with E-state index in [1.165, 1.54) is 33.0 Å². The zero-order valence-corrected chi connectivity index (χ0v) is 17.3. The van der Waals surface area contributed by atoms with E-state index in [-0.39, 0.29) is 10.4 Å². The summed E-state index contributed by atoms with van der Waals surface area (Å²) in [7, 11) is -1.01. The van der Waals surface area contributed by atoms with Crippen LogP contribution in [-0.2, 0) is 14.0 Å². The highest BCUT2D eigenvalue weighted by Crippen LogP contribution is 2.36. The Morgan fingerprint density at radius 1 is 1.25 bits per heavy atom. The second kappa shape index (κ2) is 7.34. The van der Waals surface area contributed by atoms with Crippen LogP contribution in [0.5, 0.6) is 0 Å². The number of nitrogens with zero attached hydrogens (tertiary/aromatic N) is 2. The fourth-order valence-electron chi connectivity index (χ4n) is 2.53. The number of amides is 1. The molecular weight excluding hydrogens is 355 g/mol. The normalized spacial score (nSPS) is 35.5. The molecule has 2 fully saturated rings. The third kappa shape index (κ3) is 4.52. The molecule has 2 aliphatic heterocycles. The first kappa shape index (κ1) is 12.2. The predicted molar refractivity (Wildman–Crippen MR) is 110 cm³/mol. The molecule has 2 saturated heterocycles. The van der Waals surface area contributed by atoms with Gasteiger partial charge in [-0.05, 0) is 72.7 Å². The maximum Gasteiger partial charge on any atom is 0.496 e. The molecule has 0 saturated carbocycles. The first-order valence-electron chi connectivity index (χ1n) is 13.6. The molecule has 1 aromatic heterocycles. The number of carbonyl (C=O) groups is 1. The molecule has 3 rings (SSSR count). The Kier molecular flexibility index (Phi) is 3.19. The lowest BCUT2D eigenvalue weighted by atomic mass is 9.78. The standard InChI is InChI=1S/C21H33BN2O4/c1-19(2,3)26-18(25)24-10-8-15(9-11-24)16-12-17(14-23-13-16)22-27-20(4,5)21(6,7)28-22/h12-15H,8-11H2,1-7H3/i8D2,9D2,10D2,11D2,15D. The van der Waals surface area contributed by atoms with Crippen molar-refractivity contribution < 1.29 is 31.2 Å². The average Bonchev–Trinajstić information content (AvgIpc) is 2.91. The van der Waals surface area contributed by atoms with Crippen molar-refractivity contribution in [3.8, 4) is 0 Å². The van der Waals surface area contributed by atoms with Crippen LogP contribution in [0.3, 0.4) is 0 Å². The monoisotopic (exact) mass is 397 g/mol. The van der Waals surface area contributed by atoms with Crippen LogP contribution in [0.25, 0.3) is 0 Å². The van der Waals surface area contributed by atoms with E-state index in [1.807, 2.05) is 27.7 Å². The number of rotatable bonds is 2. The summed E-state index contributed by atoms with van der Waals surface area (Å²) in [5.74, 6) is -3.22. The molecule has 2 aliphatic rings. The molecule has 3 heterocycles.